The van der Waals surface area contributed by atoms with Gasteiger partial charge in [0, 0.05) is 0 Å². The van der Waals surface area contributed by atoms with E-state index in [-0.39, 0.29) is 11.6 Å². The minimum absolute atomic E-state index is 0.0918. The summed E-state index contributed by atoms with van der Waals surface area (Å²) < 4.78 is 44.2. The zero-order valence-corrected chi connectivity index (χ0v) is 11.7. The van der Waals surface area contributed by atoms with Gasteiger partial charge in [0.2, 0.25) is 5.75 Å². The second-order valence-corrected chi connectivity index (χ2v) is 4.71. The molecule has 106 valence electrons. The zero-order valence-electron chi connectivity index (χ0n) is 10.1. The van der Waals surface area contributed by atoms with Gasteiger partial charge in [-0.15, -0.1) is 0 Å². The van der Waals surface area contributed by atoms with Gasteiger partial charge in [0.05, 0.1) is 4.47 Å². The molecule has 0 saturated carbocycles. The highest BCUT2D eigenvalue weighted by molar-refractivity contribution is 9.10. The second kappa shape index (κ2) is 5.28. The number of nitrogens with zero attached hydrogens (tertiary/aromatic N) is 1. The van der Waals surface area contributed by atoms with Crippen molar-refractivity contribution in [3.8, 4) is 11.5 Å². The number of aromatic nitrogens is 2. The molecule has 8 heteroatoms. The van der Waals surface area contributed by atoms with E-state index in [0.29, 0.717) is 4.47 Å². The lowest BCUT2D eigenvalue weighted by molar-refractivity contribution is -0.142. The van der Waals surface area contributed by atoms with Crippen LogP contribution in [0, 0.1) is 6.92 Å². The third-order valence-corrected chi connectivity index (χ3v) is 2.97. The highest BCUT2D eigenvalue weighted by atomic mass is 79.9. The van der Waals surface area contributed by atoms with E-state index < -0.39 is 23.2 Å². The number of hydrogen-bond donors (Lipinski definition) is 1. The van der Waals surface area contributed by atoms with E-state index in [9.17, 15) is 18.0 Å². The molecule has 0 aliphatic rings. The lowest BCUT2D eigenvalue weighted by Gasteiger charge is -2.13. The number of para-hydroxylation sites is 1. The van der Waals surface area contributed by atoms with Crippen molar-refractivity contribution >= 4 is 15.9 Å². The molecular weight excluding hydrogens is 341 g/mol. The van der Waals surface area contributed by atoms with Crippen LogP contribution < -0.4 is 10.3 Å². The normalized spacial score (nSPS) is 11.4. The van der Waals surface area contributed by atoms with E-state index in [2.05, 4.69) is 25.9 Å². The summed E-state index contributed by atoms with van der Waals surface area (Å²) in [6.07, 6.45) is -4.78. The van der Waals surface area contributed by atoms with Crippen LogP contribution in [-0.2, 0) is 6.18 Å². The Morgan fingerprint density at radius 3 is 2.55 bits per heavy atom. The number of H-pyrrole nitrogens is 1. The van der Waals surface area contributed by atoms with Crippen molar-refractivity contribution in [3.05, 3.63) is 50.6 Å². The molecule has 0 unspecified atom stereocenters. The third kappa shape index (κ3) is 3.01. The summed E-state index contributed by atoms with van der Waals surface area (Å²) in [6.45, 7) is 1.26. The number of aromatic amines is 1. The summed E-state index contributed by atoms with van der Waals surface area (Å²) in [6, 6.07) is 6.25. The molecule has 4 nitrogen and oxygen atoms in total. The molecular formula is C12H8BrF3N2O2. The fraction of sp³-hybridized carbons (Fsp3) is 0.167. The molecule has 0 bridgehead atoms. The van der Waals surface area contributed by atoms with Gasteiger partial charge in [-0.1, -0.05) is 12.1 Å². The van der Waals surface area contributed by atoms with Crippen LogP contribution in [-0.4, -0.2) is 9.97 Å². The molecule has 20 heavy (non-hydrogen) atoms. The zero-order chi connectivity index (χ0) is 14.9. The monoisotopic (exact) mass is 348 g/mol. The number of aryl methyl sites for hydroxylation is 1. The van der Waals surface area contributed by atoms with Gasteiger partial charge in [-0.2, -0.15) is 13.2 Å². The summed E-state index contributed by atoms with van der Waals surface area (Å²) in [7, 11) is 0. The van der Waals surface area contributed by atoms with Crippen molar-refractivity contribution in [2.24, 2.45) is 0 Å². The summed E-state index contributed by atoms with van der Waals surface area (Å²) in [5, 5.41) is 0. The highest BCUT2D eigenvalue weighted by Crippen LogP contribution is 2.36. The molecule has 1 heterocycles. The third-order valence-electron chi connectivity index (χ3n) is 2.31. The molecule has 2 rings (SSSR count). The maximum Gasteiger partial charge on any atom is 0.437 e. The number of ether oxygens (including phenoxy) is 1. The topological polar surface area (TPSA) is 55.0 Å². The molecule has 0 radical (unpaired) electrons. The Morgan fingerprint density at radius 1 is 1.30 bits per heavy atom. The Hall–Kier alpha value is -1.83. The van der Waals surface area contributed by atoms with Crippen molar-refractivity contribution in [1.82, 2.24) is 9.97 Å². The van der Waals surface area contributed by atoms with Gasteiger partial charge in [-0.3, -0.25) is 4.79 Å². The molecule has 0 aliphatic heterocycles. The minimum atomic E-state index is -4.78. The molecule has 0 fully saturated rings. The number of rotatable bonds is 2. The minimum Gasteiger partial charge on any atom is -0.448 e. The van der Waals surface area contributed by atoms with Crippen molar-refractivity contribution in [1.29, 1.82) is 0 Å². The van der Waals surface area contributed by atoms with Crippen LogP contribution in [0.2, 0.25) is 0 Å². The maximum atomic E-state index is 12.9. The molecule has 2 aromatic rings. The quantitative estimate of drug-likeness (QED) is 0.901. The van der Waals surface area contributed by atoms with Crippen molar-refractivity contribution < 1.29 is 17.9 Å². The average Bonchev–Trinajstić information content (AvgIpc) is 2.33. The number of alkyl halides is 3. The summed E-state index contributed by atoms with van der Waals surface area (Å²) >= 11 is 3.13. The Labute approximate surface area is 119 Å². The van der Waals surface area contributed by atoms with Gasteiger partial charge in [0.25, 0.3) is 5.56 Å². The molecule has 1 aromatic carbocycles. The van der Waals surface area contributed by atoms with Gasteiger partial charge in [-0.05, 0) is 35.0 Å². The number of benzene rings is 1. The van der Waals surface area contributed by atoms with Gasteiger partial charge in [0.15, 0.2) is 5.69 Å². The lowest BCUT2D eigenvalue weighted by Crippen LogP contribution is -2.20. The molecule has 0 amide bonds. The first kappa shape index (κ1) is 14.6. The van der Waals surface area contributed by atoms with Gasteiger partial charge >= 0.3 is 6.18 Å². The van der Waals surface area contributed by atoms with E-state index in [0.717, 1.165) is 0 Å². The van der Waals surface area contributed by atoms with E-state index in [1.165, 1.54) is 13.0 Å². The molecule has 0 spiro atoms. The lowest BCUT2D eigenvalue weighted by atomic mass is 10.3. The van der Waals surface area contributed by atoms with Crippen LogP contribution in [0.1, 0.15) is 11.5 Å². The summed E-state index contributed by atoms with van der Waals surface area (Å²) in [5.41, 5.74) is -2.34. The summed E-state index contributed by atoms with van der Waals surface area (Å²) in [4.78, 5) is 17.2. The Bertz CT molecular complexity index is 698. The largest absolute Gasteiger partial charge is 0.448 e. The fourth-order valence-corrected chi connectivity index (χ4v) is 1.87. The molecule has 1 N–H and O–H groups in total. The van der Waals surface area contributed by atoms with Crippen molar-refractivity contribution in [3.63, 3.8) is 0 Å². The average molecular weight is 349 g/mol. The van der Waals surface area contributed by atoms with Gasteiger partial charge < -0.3 is 9.72 Å². The Balaban J connectivity index is 2.57. The van der Waals surface area contributed by atoms with Crippen molar-refractivity contribution in [2.75, 3.05) is 0 Å². The predicted octanol–water partition coefficient (Wildman–Crippen LogP) is 3.65. The Kier molecular flexibility index (Phi) is 3.85. The highest BCUT2D eigenvalue weighted by Gasteiger charge is 2.38. The first-order valence-electron chi connectivity index (χ1n) is 5.39. The maximum absolute atomic E-state index is 12.9. The van der Waals surface area contributed by atoms with E-state index >= 15 is 0 Å². The van der Waals surface area contributed by atoms with Gasteiger partial charge in [0.1, 0.15) is 11.6 Å². The van der Waals surface area contributed by atoms with Crippen LogP contribution in [0.4, 0.5) is 13.2 Å². The molecule has 1 aromatic heterocycles. The predicted molar refractivity (Wildman–Crippen MR) is 68.8 cm³/mol. The smallest absolute Gasteiger partial charge is 0.437 e. The van der Waals surface area contributed by atoms with Crippen LogP contribution >= 0.6 is 15.9 Å². The second-order valence-electron chi connectivity index (χ2n) is 3.86. The standard InChI is InChI=1S/C12H8BrF3N2O2/c1-6-17-10(12(14,15)16)9(11(19)18-6)20-8-5-3-2-4-7(8)13/h2-5H,1H3,(H,17,18,19). The number of halogens is 4. The van der Waals surface area contributed by atoms with E-state index in [1.54, 1.807) is 18.2 Å². The SMILES string of the molecule is Cc1nc(C(F)(F)F)c(Oc2ccccc2Br)c(=O)[nH]1. The van der Waals surface area contributed by atoms with E-state index in [1.807, 2.05) is 0 Å². The summed E-state index contributed by atoms with van der Waals surface area (Å²) in [5.74, 6) is -0.925. The van der Waals surface area contributed by atoms with Crippen LogP contribution in [0.3, 0.4) is 0 Å². The van der Waals surface area contributed by atoms with Gasteiger partial charge in [-0.25, -0.2) is 4.98 Å². The number of nitrogens with one attached hydrogen (secondary N) is 1. The fourth-order valence-electron chi connectivity index (χ4n) is 1.50. The van der Waals surface area contributed by atoms with Crippen LogP contribution in [0.5, 0.6) is 11.5 Å². The van der Waals surface area contributed by atoms with Crippen LogP contribution in [0.25, 0.3) is 0 Å². The first-order chi connectivity index (χ1) is 9.29. The molecule has 0 atom stereocenters. The first-order valence-corrected chi connectivity index (χ1v) is 6.19. The molecule has 0 aliphatic carbocycles. The van der Waals surface area contributed by atoms with E-state index in [4.69, 9.17) is 4.74 Å². The van der Waals surface area contributed by atoms with Crippen molar-refractivity contribution in [2.45, 2.75) is 13.1 Å². The Morgan fingerprint density at radius 2 is 1.95 bits per heavy atom. The van der Waals surface area contributed by atoms with Crippen LogP contribution in [0.15, 0.2) is 33.5 Å². The number of hydrogen-bond acceptors (Lipinski definition) is 3. The molecule has 0 saturated heterocycles.